The molecule has 0 bridgehead atoms. The highest BCUT2D eigenvalue weighted by molar-refractivity contribution is 5.91. The second-order valence-corrected chi connectivity index (χ2v) is 7.87. The van der Waals surface area contributed by atoms with Gasteiger partial charge in [-0.1, -0.05) is 66.7 Å². The molecule has 1 aliphatic rings. The molecule has 1 saturated heterocycles. The van der Waals surface area contributed by atoms with Gasteiger partial charge < -0.3 is 9.47 Å². The summed E-state index contributed by atoms with van der Waals surface area (Å²) in [6, 6.07) is 30.4. The molecule has 1 aromatic heterocycles. The van der Waals surface area contributed by atoms with Gasteiger partial charge in [-0.05, 0) is 29.3 Å². The van der Waals surface area contributed by atoms with Gasteiger partial charge in [0.05, 0.1) is 5.69 Å². The Morgan fingerprint density at radius 2 is 1.31 bits per heavy atom. The molecule has 0 unspecified atom stereocenters. The fourth-order valence-corrected chi connectivity index (χ4v) is 4.62. The number of piperazine rings is 1. The number of hydrogen-bond donors (Lipinski definition) is 0. The molecule has 3 nitrogen and oxygen atoms in total. The van der Waals surface area contributed by atoms with Crippen LogP contribution in [0, 0.1) is 0 Å². The zero-order valence-electron chi connectivity index (χ0n) is 17.0. The van der Waals surface area contributed by atoms with Gasteiger partial charge in [0, 0.05) is 56.4 Å². The Morgan fingerprint density at radius 1 is 0.690 bits per heavy atom. The SMILES string of the molecule is Cn1c(-c2ccccc2)c(CN2CCN(c3ccccc3)CC2)c2ccccc21. The van der Waals surface area contributed by atoms with Crippen LogP contribution in [-0.2, 0) is 13.6 Å². The Balaban J connectivity index is 1.44. The van der Waals surface area contributed by atoms with Crippen molar-refractivity contribution >= 4 is 16.6 Å². The minimum Gasteiger partial charge on any atom is -0.369 e. The Morgan fingerprint density at radius 3 is 2.03 bits per heavy atom. The molecule has 146 valence electrons. The molecule has 0 atom stereocenters. The zero-order chi connectivity index (χ0) is 19.6. The van der Waals surface area contributed by atoms with Crippen LogP contribution in [-0.4, -0.2) is 35.6 Å². The minimum atomic E-state index is 0.994. The maximum absolute atomic E-state index is 2.60. The van der Waals surface area contributed by atoms with Crippen LogP contribution in [0.1, 0.15) is 5.56 Å². The number of hydrogen-bond acceptors (Lipinski definition) is 2. The van der Waals surface area contributed by atoms with Crippen molar-refractivity contribution in [2.75, 3.05) is 31.1 Å². The first-order valence-corrected chi connectivity index (χ1v) is 10.5. The molecule has 4 aromatic rings. The number of benzene rings is 3. The van der Waals surface area contributed by atoms with Crippen LogP contribution in [0.4, 0.5) is 5.69 Å². The van der Waals surface area contributed by atoms with E-state index in [0.717, 1.165) is 32.7 Å². The topological polar surface area (TPSA) is 11.4 Å². The molecule has 0 amide bonds. The van der Waals surface area contributed by atoms with Gasteiger partial charge >= 0.3 is 0 Å². The van der Waals surface area contributed by atoms with E-state index in [4.69, 9.17) is 0 Å². The summed E-state index contributed by atoms with van der Waals surface area (Å²) in [6.45, 7) is 5.33. The van der Waals surface area contributed by atoms with Gasteiger partial charge in [-0.3, -0.25) is 4.90 Å². The van der Waals surface area contributed by atoms with Crippen molar-refractivity contribution in [1.82, 2.24) is 9.47 Å². The number of rotatable bonds is 4. The van der Waals surface area contributed by atoms with Gasteiger partial charge in [-0.15, -0.1) is 0 Å². The van der Waals surface area contributed by atoms with Crippen molar-refractivity contribution in [1.29, 1.82) is 0 Å². The van der Waals surface area contributed by atoms with Gasteiger partial charge in [-0.25, -0.2) is 0 Å². The predicted octanol–water partition coefficient (Wildman–Crippen LogP) is 5.17. The first-order valence-electron chi connectivity index (χ1n) is 10.5. The van der Waals surface area contributed by atoms with E-state index in [0.29, 0.717) is 0 Å². The lowest BCUT2D eigenvalue weighted by Gasteiger charge is -2.36. The maximum atomic E-state index is 2.60. The average Bonchev–Trinajstić information content (AvgIpc) is 3.07. The number of aryl methyl sites for hydroxylation is 1. The summed E-state index contributed by atoms with van der Waals surface area (Å²) in [5.74, 6) is 0. The van der Waals surface area contributed by atoms with E-state index in [9.17, 15) is 0 Å². The highest BCUT2D eigenvalue weighted by Crippen LogP contribution is 2.34. The summed E-state index contributed by atoms with van der Waals surface area (Å²) in [5, 5.41) is 1.37. The van der Waals surface area contributed by atoms with E-state index >= 15 is 0 Å². The van der Waals surface area contributed by atoms with Crippen molar-refractivity contribution in [2.45, 2.75) is 6.54 Å². The first-order chi connectivity index (χ1) is 14.3. The average molecular weight is 382 g/mol. The third kappa shape index (κ3) is 3.43. The van der Waals surface area contributed by atoms with Crippen molar-refractivity contribution in [3.05, 3.63) is 90.5 Å². The van der Waals surface area contributed by atoms with Crippen LogP contribution in [0.2, 0.25) is 0 Å². The van der Waals surface area contributed by atoms with Gasteiger partial charge in [0.15, 0.2) is 0 Å². The molecule has 0 N–H and O–H groups in total. The molecule has 3 aromatic carbocycles. The molecule has 1 aliphatic heterocycles. The van der Waals surface area contributed by atoms with Crippen LogP contribution >= 0.6 is 0 Å². The van der Waals surface area contributed by atoms with E-state index in [-0.39, 0.29) is 0 Å². The Hall–Kier alpha value is -3.04. The fourth-order valence-electron chi connectivity index (χ4n) is 4.62. The van der Waals surface area contributed by atoms with Crippen LogP contribution < -0.4 is 4.90 Å². The van der Waals surface area contributed by atoms with E-state index in [1.54, 1.807) is 0 Å². The molecule has 0 spiro atoms. The van der Waals surface area contributed by atoms with E-state index in [1.807, 2.05) is 0 Å². The molecule has 2 heterocycles. The quantitative estimate of drug-likeness (QED) is 0.483. The number of nitrogens with zero attached hydrogens (tertiary/aromatic N) is 3. The fraction of sp³-hybridized carbons (Fsp3) is 0.231. The summed E-state index contributed by atoms with van der Waals surface area (Å²) in [6.07, 6.45) is 0. The molecule has 0 saturated carbocycles. The molecular weight excluding hydrogens is 354 g/mol. The number of fused-ring (bicyclic) bond motifs is 1. The maximum Gasteiger partial charge on any atom is 0.0534 e. The predicted molar refractivity (Wildman–Crippen MR) is 122 cm³/mol. The molecule has 1 fully saturated rings. The molecule has 0 radical (unpaired) electrons. The zero-order valence-corrected chi connectivity index (χ0v) is 17.0. The molecule has 0 aliphatic carbocycles. The normalized spacial score (nSPS) is 15.1. The van der Waals surface area contributed by atoms with Crippen molar-refractivity contribution in [3.63, 3.8) is 0 Å². The molecule has 3 heteroatoms. The lowest BCUT2D eigenvalue weighted by Crippen LogP contribution is -2.46. The summed E-state index contributed by atoms with van der Waals surface area (Å²) in [4.78, 5) is 5.10. The first kappa shape index (κ1) is 18.0. The van der Waals surface area contributed by atoms with Crippen LogP contribution in [0.25, 0.3) is 22.2 Å². The van der Waals surface area contributed by atoms with Gasteiger partial charge in [0.25, 0.3) is 0 Å². The van der Waals surface area contributed by atoms with Crippen LogP contribution in [0.5, 0.6) is 0 Å². The lowest BCUT2D eigenvalue weighted by atomic mass is 10.0. The Labute approximate surface area is 172 Å². The summed E-state index contributed by atoms with van der Waals surface area (Å²) in [7, 11) is 2.20. The summed E-state index contributed by atoms with van der Waals surface area (Å²) in [5.41, 5.74) is 6.73. The second-order valence-electron chi connectivity index (χ2n) is 7.87. The highest BCUT2D eigenvalue weighted by atomic mass is 15.3. The Bertz CT molecular complexity index is 1090. The van der Waals surface area contributed by atoms with E-state index in [1.165, 1.54) is 33.4 Å². The summed E-state index contributed by atoms with van der Waals surface area (Å²) < 4.78 is 2.36. The number of anilines is 1. The van der Waals surface area contributed by atoms with Crippen LogP contribution in [0.3, 0.4) is 0 Å². The van der Waals surface area contributed by atoms with Gasteiger partial charge in [0.1, 0.15) is 0 Å². The third-order valence-corrected chi connectivity index (χ3v) is 6.13. The Kier molecular flexibility index (Phi) is 4.82. The monoisotopic (exact) mass is 381 g/mol. The van der Waals surface area contributed by atoms with E-state index in [2.05, 4.69) is 106 Å². The van der Waals surface area contributed by atoms with Gasteiger partial charge in [-0.2, -0.15) is 0 Å². The third-order valence-electron chi connectivity index (χ3n) is 6.13. The molecule has 29 heavy (non-hydrogen) atoms. The number of aromatic nitrogens is 1. The smallest absolute Gasteiger partial charge is 0.0534 e. The van der Waals surface area contributed by atoms with Crippen LogP contribution in [0.15, 0.2) is 84.9 Å². The lowest BCUT2D eigenvalue weighted by molar-refractivity contribution is 0.251. The van der Waals surface area contributed by atoms with Crippen molar-refractivity contribution in [3.8, 4) is 11.3 Å². The number of para-hydroxylation sites is 2. The minimum absolute atomic E-state index is 0.994. The summed E-state index contributed by atoms with van der Waals surface area (Å²) >= 11 is 0. The van der Waals surface area contributed by atoms with Crippen molar-refractivity contribution in [2.24, 2.45) is 7.05 Å². The molecular formula is C26H27N3. The van der Waals surface area contributed by atoms with Gasteiger partial charge in [0.2, 0.25) is 0 Å². The standard InChI is InChI=1S/C26H27N3/c1-27-25-15-9-8-14-23(25)24(26(27)21-10-4-2-5-11-21)20-28-16-18-29(19-17-28)22-12-6-3-7-13-22/h2-15H,16-20H2,1H3. The second kappa shape index (κ2) is 7.76. The molecule has 5 rings (SSSR count). The largest absolute Gasteiger partial charge is 0.369 e. The van der Waals surface area contributed by atoms with E-state index < -0.39 is 0 Å². The van der Waals surface area contributed by atoms with Crippen molar-refractivity contribution < 1.29 is 0 Å². The highest BCUT2D eigenvalue weighted by Gasteiger charge is 2.22.